The molecule has 0 spiro atoms. The largest absolute Gasteiger partial charge is 0.488 e. The Morgan fingerprint density at radius 2 is 1.87 bits per heavy atom. The van der Waals surface area contributed by atoms with Gasteiger partial charge in [-0.2, -0.15) is 0 Å². The number of benzene rings is 2. The number of aryl methyl sites for hydroxylation is 1. The summed E-state index contributed by atoms with van der Waals surface area (Å²) < 4.78 is 5.70. The van der Waals surface area contributed by atoms with Gasteiger partial charge in [-0.15, -0.1) is 0 Å². The first-order valence-electron chi connectivity index (χ1n) is 5.16. The fourth-order valence-electron chi connectivity index (χ4n) is 2.08. The molecule has 2 aromatic rings. The lowest BCUT2D eigenvalue weighted by Gasteiger charge is -2.20. The molecule has 0 aliphatic carbocycles. The summed E-state index contributed by atoms with van der Waals surface area (Å²) in [5, 5.41) is 0. The molecule has 1 aliphatic heterocycles. The summed E-state index contributed by atoms with van der Waals surface area (Å²) in [6.07, 6.45) is 0. The van der Waals surface area contributed by atoms with Crippen LogP contribution in [0.4, 0.5) is 0 Å². The van der Waals surface area contributed by atoms with E-state index in [1.54, 1.807) is 0 Å². The molecule has 1 heterocycles. The molecule has 1 aliphatic rings. The van der Waals surface area contributed by atoms with Crippen LogP contribution in [0.5, 0.6) is 5.75 Å². The predicted molar refractivity (Wildman–Crippen MR) is 60.9 cm³/mol. The number of hydrogen-bond donors (Lipinski definition) is 0. The summed E-state index contributed by atoms with van der Waals surface area (Å²) in [7, 11) is 0. The van der Waals surface area contributed by atoms with Crippen molar-refractivity contribution in [2.24, 2.45) is 0 Å². The molecule has 0 atom stereocenters. The van der Waals surface area contributed by atoms with Crippen molar-refractivity contribution >= 4 is 0 Å². The fourth-order valence-corrected chi connectivity index (χ4v) is 2.08. The quantitative estimate of drug-likeness (QED) is 0.626. The maximum atomic E-state index is 5.70. The van der Waals surface area contributed by atoms with Gasteiger partial charge in [0.15, 0.2) is 0 Å². The van der Waals surface area contributed by atoms with Crippen molar-refractivity contribution in [1.29, 1.82) is 0 Å². The van der Waals surface area contributed by atoms with Gasteiger partial charge in [0.05, 0.1) is 0 Å². The van der Waals surface area contributed by atoms with Gasteiger partial charge in [-0.25, -0.2) is 0 Å². The molecule has 15 heavy (non-hydrogen) atoms. The highest BCUT2D eigenvalue weighted by molar-refractivity contribution is 5.75. The summed E-state index contributed by atoms with van der Waals surface area (Å²) in [5.74, 6) is 0.994. The van der Waals surface area contributed by atoms with E-state index in [9.17, 15) is 0 Å². The first-order valence-corrected chi connectivity index (χ1v) is 5.16. The summed E-state index contributed by atoms with van der Waals surface area (Å²) in [6, 6.07) is 14.7. The minimum absolute atomic E-state index is 0.689. The molecule has 0 fully saturated rings. The zero-order valence-corrected chi connectivity index (χ0v) is 8.66. The molecule has 3 rings (SSSR count). The third-order valence-electron chi connectivity index (χ3n) is 2.82. The molecule has 1 heteroatoms. The van der Waals surface area contributed by atoms with Crippen molar-refractivity contribution in [1.82, 2.24) is 0 Å². The molecule has 74 valence electrons. The Labute approximate surface area is 89.3 Å². The van der Waals surface area contributed by atoms with Crippen LogP contribution in [0.2, 0.25) is 0 Å². The molecule has 0 saturated carbocycles. The van der Waals surface area contributed by atoms with E-state index < -0.39 is 0 Å². The summed E-state index contributed by atoms with van der Waals surface area (Å²) in [6.45, 7) is 2.80. The third kappa shape index (κ3) is 1.32. The van der Waals surface area contributed by atoms with Gasteiger partial charge in [-0.3, -0.25) is 0 Å². The number of para-hydroxylation sites is 1. The fraction of sp³-hybridized carbons (Fsp3) is 0.143. The lowest BCUT2D eigenvalue weighted by atomic mass is 9.96. The van der Waals surface area contributed by atoms with Gasteiger partial charge in [0.2, 0.25) is 0 Å². The zero-order chi connectivity index (χ0) is 10.3. The highest BCUT2D eigenvalue weighted by atomic mass is 16.5. The Kier molecular flexibility index (Phi) is 1.78. The Balaban J connectivity index is 2.26. The van der Waals surface area contributed by atoms with Gasteiger partial charge in [0.25, 0.3) is 0 Å². The van der Waals surface area contributed by atoms with E-state index in [0.29, 0.717) is 6.61 Å². The monoisotopic (exact) mass is 196 g/mol. The molecule has 0 radical (unpaired) electrons. The van der Waals surface area contributed by atoms with Gasteiger partial charge >= 0.3 is 0 Å². The minimum Gasteiger partial charge on any atom is -0.488 e. The van der Waals surface area contributed by atoms with Crippen LogP contribution in [0.1, 0.15) is 11.1 Å². The number of fused-ring (bicyclic) bond motifs is 3. The molecule has 2 aromatic carbocycles. The summed E-state index contributed by atoms with van der Waals surface area (Å²) in [5.41, 5.74) is 5.09. The first-order chi connectivity index (χ1) is 7.34. The highest BCUT2D eigenvalue weighted by Crippen LogP contribution is 2.37. The summed E-state index contributed by atoms with van der Waals surface area (Å²) >= 11 is 0. The maximum absolute atomic E-state index is 5.70. The summed E-state index contributed by atoms with van der Waals surface area (Å²) in [4.78, 5) is 0. The smallest absolute Gasteiger partial charge is 0.127 e. The lowest BCUT2D eigenvalue weighted by molar-refractivity contribution is 0.302. The van der Waals surface area contributed by atoms with E-state index in [1.807, 2.05) is 12.1 Å². The molecule has 0 bridgehead atoms. The number of rotatable bonds is 0. The Morgan fingerprint density at radius 3 is 2.80 bits per heavy atom. The van der Waals surface area contributed by atoms with E-state index >= 15 is 0 Å². The zero-order valence-electron chi connectivity index (χ0n) is 8.66. The van der Waals surface area contributed by atoms with Gasteiger partial charge in [0.1, 0.15) is 12.4 Å². The minimum atomic E-state index is 0.689. The van der Waals surface area contributed by atoms with Crippen LogP contribution in [-0.2, 0) is 6.61 Å². The second-order valence-corrected chi connectivity index (χ2v) is 3.95. The van der Waals surface area contributed by atoms with Crippen LogP contribution in [0.25, 0.3) is 11.1 Å². The normalized spacial score (nSPS) is 12.6. The molecule has 1 nitrogen and oxygen atoms in total. The molecule has 0 aromatic heterocycles. The standard InChI is InChI=1S/C14H12O/c1-10-6-7-12-11(8-10)9-15-14-5-3-2-4-13(12)14/h2-8H,9H2,1H3. The Hall–Kier alpha value is -1.76. The molecule has 0 unspecified atom stereocenters. The molecule has 0 N–H and O–H groups in total. The van der Waals surface area contributed by atoms with Crippen molar-refractivity contribution < 1.29 is 4.74 Å². The van der Waals surface area contributed by atoms with Gasteiger partial charge in [-0.05, 0) is 24.1 Å². The topological polar surface area (TPSA) is 9.23 Å². The molecular formula is C14H12O. The average molecular weight is 196 g/mol. The van der Waals surface area contributed by atoms with Crippen LogP contribution < -0.4 is 4.74 Å². The number of hydrogen-bond acceptors (Lipinski definition) is 1. The Morgan fingerprint density at radius 1 is 1.00 bits per heavy atom. The second kappa shape index (κ2) is 3.13. The van der Waals surface area contributed by atoms with Crippen molar-refractivity contribution in [3.05, 3.63) is 53.6 Å². The van der Waals surface area contributed by atoms with Gasteiger partial charge < -0.3 is 4.74 Å². The van der Waals surface area contributed by atoms with E-state index in [-0.39, 0.29) is 0 Å². The van der Waals surface area contributed by atoms with Crippen molar-refractivity contribution in [2.75, 3.05) is 0 Å². The molecular weight excluding hydrogens is 184 g/mol. The SMILES string of the molecule is Cc1ccc2c(c1)COc1ccccc1-2. The van der Waals surface area contributed by atoms with Crippen LogP contribution in [0.15, 0.2) is 42.5 Å². The Bertz CT molecular complexity index is 514. The lowest BCUT2D eigenvalue weighted by Crippen LogP contribution is -2.05. The van der Waals surface area contributed by atoms with E-state index in [1.165, 1.54) is 22.3 Å². The molecule has 0 saturated heterocycles. The van der Waals surface area contributed by atoms with Crippen molar-refractivity contribution in [3.8, 4) is 16.9 Å². The van der Waals surface area contributed by atoms with Gasteiger partial charge in [-0.1, -0.05) is 42.0 Å². The predicted octanol–water partition coefficient (Wildman–Crippen LogP) is 3.55. The van der Waals surface area contributed by atoms with Crippen LogP contribution >= 0.6 is 0 Å². The van der Waals surface area contributed by atoms with Crippen molar-refractivity contribution in [2.45, 2.75) is 13.5 Å². The number of ether oxygens (including phenoxy) is 1. The molecule has 0 amide bonds. The second-order valence-electron chi connectivity index (χ2n) is 3.95. The average Bonchev–Trinajstić information content (AvgIpc) is 2.28. The van der Waals surface area contributed by atoms with Crippen LogP contribution in [-0.4, -0.2) is 0 Å². The van der Waals surface area contributed by atoms with Gasteiger partial charge in [0, 0.05) is 5.56 Å². The highest BCUT2D eigenvalue weighted by Gasteiger charge is 2.15. The van der Waals surface area contributed by atoms with E-state index in [0.717, 1.165) is 5.75 Å². The van der Waals surface area contributed by atoms with Crippen LogP contribution in [0.3, 0.4) is 0 Å². The third-order valence-corrected chi connectivity index (χ3v) is 2.82. The van der Waals surface area contributed by atoms with E-state index in [2.05, 4.69) is 37.3 Å². The first kappa shape index (κ1) is 8.54. The van der Waals surface area contributed by atoms with Crippen LogP contribution in [0, 0.1) is 6.92 Å². The maximum Gasteiger partial charge on any atom is 0.127 e. The van der Waals surface area contributed by atoms with E-state index in [4.69, 9.17) is 4.74 Å². The van der Waals surface area contributed by atoms with Crippen molar-refractivity contribution in [3.63, 3.8) is 0 Å².